The van der Waals surface area contributed by atoms with Gasteiger partial charge in [-0.3, -0.25) is 4.57 Å². The van der Waals surface area contributed by atoms with Gasteiger partial charge in [0.2, 0.25) is 0 Å². The molecule has 5 N–H and O–H groups in total. The van der Waals surface area contributed by atoms with Crippen LogP contribution < -0.4 is 5.73 Å². The number of aliphatic hydroxyl groups excluding tert-OH is 1. The average Bonchev–Trinajstić information content (AvgIpc) is 1.83. The summed E-state index contributed by atoms with van der Waals surface area (Å²) in [7, 11) is -4.40. The number of aliphatic hydroxyl groups is 1. The maximum atomic E-state index is 10.3. The van der Waals surface area contributed by atoms with E-state index in [2.05, 4.69) is 0 Å². The fraction of sp³-hybridized carbons (Fsp3) is 1.00. The lowest BCUT2D eigenvalue weighted by molar-refractivity contribution is 0.175. The van der Waals surface area contributed by atoms with Crippen molar-refractivity contribution >= 4 is 7.60 Å². The normalized spacial score (nSPS) is 18.5. The van der Waals surface area contributed by atoms with E-state index in [-0.39, 0.29) is 0 Å². The summed E-state index contributed by atoms with van der Waals surface area (Å²) >= 11 is 0. The highest BCUT2D eigenvalue weighted by Crippen LogP contribution is 2.41. The minimum absolute atomic E-state index is 0.340. The molecule has 0 aromatic carbocycles. The predicted octanol–water partition coefficient (Wildman–Crippen LogP) is -0.780. The number of rotatable bonds is 3. The Balaban J connectivity index is 4.08. The smallest absolute Gasteiger partial charge is 0.355 e. The summed E-state index contributed by atoms with van der Waals surface area (Å²) in [5, 5.41) is 8.77. The Morgan fingerprint density at radius 1 is 1.60 bits per heavy atom. The van der Waals surface area contributed by atoms with Crippen LogP contribution in [-0.2, 0) is 4.57 Å². The van der Waals surface area contributed by atoms with E-state index >= 15 is 0 Å². The van der Waals surface area contributed by atoms with E-state index in [9.17, 15) is 4.57 Å². The molecule has 10 heavy (non-hydrogen) atoms. The van der Waals surface area contributed by atoms with E-state index in [1.807, 2.05) is 0 Å². The van der Waals surface area contributed by atoms with Gasteiger partial charge < -0.3 is 20.6 Å². The third-order valence-corrected chi connectivity index (χ3v) is 2.27. The van der Waals surface area contributed by atoms with Crippen LogP contribution in [0.3, 0.4) is 0 Å². The number of nitrogens with two attached hydrogens (primary N) is 1. The Bertz CT molecular complexity index is 144. The van der Waals surface area contributed by atoms with Gasteiger partial charge >= 0.3 is 7.60 Å². The molecular weight excluding hydrogens is 157 g/mol. The Hall–Kier alpha value is 0.0700. The highest BCUT2D eigenvalue weighted by Gasteiger charge is 2.30. The van der Waals surface area contributed by atoms with Crippen LogP contribution in [-0.4, -0.2) is 26.8 Å². The Morgan fingerprint density at radius 2 is 2.00 bits per heavy atom. The molecule has 0 rings (SSSR count). The highest BCUT2D eigenvalue weighted by molar-refractivity contribution is 7.52. The van der Waals surface area contributed by atoms with Crippen molar-refractivity contribution < 1.29 is 19.5 Å². The third kappa shape index (κ3) is 2.77. The fourth-order valence-electron chi connectivity index (χ4n) is 0.460. The van der Waals surface area contributed by atoms with Gasteiger partial charge in [-0.1, -0.05) is 6.92 Å². The van der Waals surface area contributed by atoms with Crippen molar-refractivity contribution in [2.45, 2.75) is 25.2 Å². The van der Waals surface area contributed by atoms with E-state index in [4.69, 9.17) is 20.6 Å². The third-order valence-electron chi connectivity index (χ3n) is 1.20. The number of hydrogen-bond acceptors (Lipinski definition) is 3. The van der Waals surface area contributed by atoms with Crippen molar-refractivity contribution in [1.29, 1.82) is 0 Å². The first-order valence-corrected chi connectivity index (χ1v) is 4.56. The summed E-state index contributed by atoms with van der Waals surface area (Å²) in [4.78, 5) is 16.7. The van der Waals surface area contributed by atoms with Crippen LogP contribution in [0.2, 0.25) is 0 Å². The van der Waals surface area contributed by atoms with Crippen molar-refractivity contribution in [3.8, 4) is 0 Å². The number of hydrogen-bond donors (Lipinski definition) is 4. The molecule has 0 unspecified atom stereocenters. The Morgan fingerprint density at radius 3 is 2.10 bits per heavy atom. The zero-order chi connectivity index (χ0) is 8.36. The van der Waals surface area contributed by atoms with Crippen LogP contribution in [0.1, 0.15) is 13.3 Å². The van der Waals surface area contributed by atoms with Crippen LogP contribution in [0.4, 0.5) is 0 Å². The van der Waals surface area contributed by atoms with Crippen molar-refractivity contribution in [2.24, 2.45) is 5.73 Å². The summed E-state index contributed by atoms with van der Waals surface area (Å²) in [5.41, 5.74) is 5.16. The molecule has 5 nitrogen and oxygen atoms in total. The lowest BCUT2D eigenvalue weighted by Gasteiger charge is -2.17. The lowest BCUT2D eigenvalue weighted by Crippen LogP contribution is -2.33. The summed E-state index contributed by atoms with van der Waals surface area (Å²) in [6.45, 7) is 1.64. The molecule has 0 fully saturated rings. The van der Waals surface area contributed by atoms with Gasteiger partial charge in [0.1, 0.15) is 0 Å². The van der Waals surface area contributed by atoms with Crippen molar-refractivity contribution in [2.75, 3.05) is 0 Å². The Kier molecular flexibility index (Phi) is 3.48. The SMILES string of the molecule is CC[C@H](N)[C@@H](O)P(=O)(O)O. The molecule has 0 saturated carbocycles. The van der Waals surface area contributed by atoms with Crippen molar-refractivity contribution in [3.05, 3.63) is 0 Å². The zero-order valence-electron chi connectivity index (χ0n) is 5.64. The maximum Gasteiger partial charge on any atom is 0.355 e. The van der Waals surface area contributed by atoms with E-state index in [0.717, 1.165) is 0 Å². The first kappa shape index (κ1) is 10.1. The van der Waals surface area contributed by atoms with Gasteiger partial charge in [0.15, 0.2) is 5.85 Å². The molecule has 0 aliphatic rings. The molecule has 62 valence electrons. The molecule has 0 aromatic heterocycles. The fourth-order valence-corrected chi connectivity index (χ4v) is 1.17. The molecule has 0 bridgehead atoms. The second-order valence-electron chi connectivity index (χ2n) is 2.07. The van der Waals surface area contributed by atoms with E-state index in [1.165, 1.54) is 0 Å². The van der Waals surface area contributed by atoms with Crippen LogP contribution in [0.15, 0.2) is 0 Å². The monoisotopic (exact) mass is 169 g/mol. The summed E-state index contributed by atoms with van der Waals surface area (Å²) in [5.74, 6) is -1.72. The Labute approximate surface area is 59.0 Å². The molecule has 0 spiro atoms. The topological polar surface area (TPSA) is 104 Å². The average molecular weight is 169 g/mol. The van der Waals surface area contributed by atoms with Gasteiger partial charge in [-0.25, -0.2) is 0 Å². The quantitative estimate of drug-likeness (QED) is 0.415. The highest BCUT2D eigenvalue weighted by atomic mass is 31.2. The van der Waals surface area contributed by atoms with Crippen molar-refractivity contribution in [3.63, 3.8) is 0 Å². The molecule has 6 heteroatoms. The first-order valence-electron chi connectivity index (χ1n) is 2.88. The van der Waals surface area contributed by atoms with Gasteiger partial charge in [-0.15, -0.1) is 0 Å². The van der Waals surface area contributed by atoms with E-state index in [1.54, 1.807) is 6.92 Å². The van der Waals surface area contributed by atoms with Gasteiger partial charge in [0.25, 0.3) is 0 Å². The molecule has 0 aliphatic heterocycles. The predicted molar refractivity (Wildman–Crippen MR) is 36.3 cm³/mol. The molecule has 0 heterocycles. The van der Waals surface area contributed by atoms with Gasteiger partial charge in [-0.2, -0.15) is 0 Å². The molecule has 0 amide bonds. The second kappa shape index (κ2) is 3.46. The summed E-state index contributed by atoms with van der Waals surface area (Å²) in [6, 6.07) is -0.846. The van der Waals surface area contributed by atoms with Crippen LogP contribution in [0.5, 0.6) is 0 Å². The maximum absolute atomic E-state index is 10.3. The molecule has 0 radical (unpaired) electrons. The first-order chi connectivity index (χ1) is 4.39. The largest absolute Gasteiger partial charge is 0.379 e. The van der Waals surface area contributed by atoms with Gasteiger partial charge in [0.05, 0.1) is 0 Å². The minimum atomic E-state index is -4.40. The van der Waals surface area contributed by atoms with E-state index < -0.39 is 19.5 Å². The van der Waals surface area contributed by atoms with Crippen LogP contribution in [0.25, 0.3) is 0 Å². The van der Waals surface area contributed by atoms with Crippen molar-refractivity contribution in [1.82, 2.24) is 0 Å². The van der Waals surface area contributed by atoms with Gasteiger partial charge in [-0.05, 0) is 6.42 Å². The summed E-state index contributed by atoms with van der Waals surface area (Å²) in [6.07, 6.45) is 0.340. The standard InChI is InChI=1S/C4H12NO4P/c1-2-3(5)4(6)10(7,8)9/h3-4,6H,2,5H2,1H3,(H2,7,8,9)/t3-,4-/m0/s1. The van der Waals surface area contributed by atoms with Crippen LogP contribution in [0, 0.1) is 0 Å². The zero-order valence-corrected chi connectivity index (χ0v) is 6.53. The molecule has 0 aromatic rings. The van der Waals surface area contributed by atoms with Crippen LogP contribution >= 0.6 is 7.60 Å². The molecule has 0 saturated heterocycles. The van der Waals surface area contributed by atoms with E-state index in [0.29, 0.717) is 6.42 Å². The molecular formula is C4H12NO4P. The molecule has 2 atom stereocenters. The lowest BCUT2D eigenvalue weighted by atomic mass is 10.3. The minimum Gasteiger partial charge on any atom is -0.379 e. The van der Waals surface area contributed by atoms with Gasteiger partial charge in [0, 0.05) is 6.04 Å². The molecule has 0 aliphatic carbocycles. The second-order valence-corrected chi connectivity index (χ2v) is 3.78. The summed E-state index contributed by atoms with van der Waals surface area (Å²) < 4.78 is 10.3.